The van der Waals surface area contributed by atoms with Crippen LogP contribution in [0.5, 0.6) is 0 Å². The smallest absolute Gasteiger partial charge is 0.0620 e. The summed E-state index contributed by atoms with van der Waals surface area (Å²) >= 11 is 0. The van der Waals surface area contributed by atoms with E-state index in [4.69, 9.17) is 0 Å². The monoisotopic (exact) mass is 260 g/mol. The number of anilines is 1. The Bertz CT molecular complexity index is 463. The first-order chi connectivity index (χ1) is 8.84. The van der Waals surface area contributed by atoms with E-state index in [0.717, 1.165) is 0 Å². The van der Waals surface area contributed by atoms with Crippen LogP contribution in [-0.4, -0.2) is 18.1 Å². The van der Waals surface area contributed by atoms with Gasteiger partial charge in [-0.05, 0) is 49.1 Å². The minimum Gasteiger partial charge on any atom is -0.370 e. The molecule has 0 amide bonds. The number of hydrogen-bond donors (Lipinski definition) is 0. The lowest BCUT2D eigenvalue weighted by molar-refractivity contribution is 0.407. The molecule has 0 saturated carbocycles. The Morgan fingerprint density at radius 1 is 1.26 bits per heavy atom. The Balaban J connectivity index is 2.68. The molecule has 1 aliphatic heterocycles. The van der Waals surface area contributed by atoms with Crippen molar-refractivity contribution in [2.24, 2.45) is 5.92 Å². The summed E-state index contributed by atoms with van der Waals surface area (Å²) < 4.78 is 0. The molecular weight excluding hydrogens is 232 g/mol. The van der Waals surface area contributed by atoms with E-state index in [0.29, 0.717) is 23.8 Å². The van der Waals surface area contributed by atoms with E-state index in [1.807, 2.05) is 0 Å². The molecule has 1 aromatic heterocycles. The van der Waals surface area contributed by atoms with E-state index in [2.05, 4.69) is 64.7 Å². The summed E-state index contributed by atoms with van der Waals surface area (Å²) in [6.07, 6.45) is 3.36. The first-order valence-corrected chi connectivity index (χ1v) is 7.56. The average molecular weight is 260 g/mol. The lowest BCUT2D eigenvalue weighted by Crippen LogP contribution is -2.38. The molecule has 0 fully saturated rings. The van der Waals surface area contributed by atoms with Crippen molar-refractivity contribution in [3.8, 4) is 0 Å². The van der Waals surface area contributed by atoms with E-state index in [-0.39, 0.29) is 0 Å². The van der Waals surface area contributed by atoms with Crippen LogP contribution < -0.4 is 4.90 Å². The molecule has 106 valence electrons. The first-order valence-electron chi connectivity index (χ1n) is 7.56. The zero-order chi connectivity index (χ0) is 14.3. The lowest BCUT2D eigenvalue weighted by atomic mass is 9.76. The summed E-state index contributed by atoms with van der Waals surface area (Å²) in [7, 11) is 2.22. The van der Waals surface area contributed by atoms with Gasteiger partial charge in [-0.3, -0.25) is 4.98 Å². The molecule has 19 heavy (non-hydrogen) atoms. The molecule has 2 rings (SSSR count). The molecule has 1 unspecified atom stereocenters. The van der Waals surface area contributed by atoms with Crippen molar-refractivity contribution in [2.45, 2.75) is 65.8 Å². The van der Waals surface area contributed by atoms with E-state index in [9.17, 15) is 0 Å². The van der Waals surface area contributed by atoms with Crippen LogP contribution in [-0.2, 0) is 0 Å². The van der Waals surface area contributed by atoms with Gasteiger partial charge in [0.1, 0.15) is 0 Å². The molecule has 2 heteroatoms. The van der Waals surface area contributed by atoms with E-state index < -0.39 is 0 Å². The molecule has 0 aliphatic carbocycles. The third-order valence-electron chi connectivity index (χ3n) is 4.71. The van der Waals surface area contributed by atoms with Gasteiger partial charge in [0.05, 0.1) is 11.4 Å². The molecule has 0 aromatic carbocycles. The van der Waals surface area contributed by atoms with Gasteiger partial charge in [0.15, 0.2) is 0 Å². The third kappa shape index (κ3) is 2.37. The summed E-state index contributed by atoms with van der Waals surface area (Å²) in [5.74, 6) is 1.90. The molecule has 0 spiro atoms. The molecule has 0 N–H and O–H groups in total. The van der Waals surface area contributed by atoms with Crippen LogP contribution in [0.1, 0.15) is 69.7 Å². The van der Waals surface area contributed by atoms with Crippen molar-refractivity contribution in [3.05, 3.63) is 23.0 Å². The second kappa shape index (κ2) is 5.15. The Morgan fingerprint density at radius 3 is 2.42 bits per heavy atom. The fourth-order valence-electron chi connectivity index (χ4n) is 3.39. The summed E-state index contributed by atoms with van der Waals surface area (Å²) in [5.41, 5.74) is 5.58. The van der Waals surface area contributed by atoms with Crippen molar-refractivity contribution >= 4 is 5.69 Å². The Morgan fingerprint density at radius 2 is 1.89 bits per heavy atom. The van der Waals surface area contributed by atoms with Crippen molar-refractivity contribution in [1.82, 2.24) is 4.98 Å². The SMILES string of the molecule is Cc1ncc(C(C)C)c2c1N(C)[C@H](C)CC2C(C)C. The second-order valence-corrected chi connectivity index (χ2v) is 6.76. The molecule has 0 radical (unpaired) electrons. The summed E-state index contributed by atoms with van der Waals surface area (Å²) in [4.78, 5) is 7.08. The fourth-order valence-corrected chi connectivity index (χ4v) is 3.39. The molecule has 1 aromatic rings. The van der Waals surface area contributed by atoms with Gasteiger partial charge in [-0.2, -0.15) is 0 Å². The standard InChI is InChI=1S/C17H28N2/c1-10(2)14-8-12(5)19(7)17-13(6)18-9-15(11(3)4)16(14)17/h9-12,14H,8H2,1-7H3/t12-,14?/m1/s1. The zero-order valence-electron chi connectivity index (χ0n) is 13.5. The minimum atomic E-state index is 0.546. The largest absolute Gasteiger partial charge is 0.370 e. The van der Waals surface area contributed by atoms with Crippen molar-refractivity contribution in [2.75, 3.05) is 11.9 Å². The maximum absolute atomic E-state index is 4.65. The Hall–Kier alpha value is -1.05. The Kier molecular flexibility index (Phi) is 3.89. The fraction of sp³-hybridized carbons (Fsp3) is 0.706. The topological polar surface area (TPSA) is 16.1 Å². The number of aryl methyl sites for hydroxylation is 1. The highest BCUT2D eigenvalue weighted by Gasteiger charge is 2.33. The molecule has 2 heterocycles. The van der Waals surface area contributed by atoms with Gasteiger partial charge in [-0.25, -0.2) is 0 Å². The maximum Gasteiger partial charge on any atom is 0.0620 e. The van der Waals surface area contributed by atoms with E-state index in [1.165, 1.54) is 23.4 Å². The molecular formula is C17H28N2. The van der Waals surface area contributed by atoms with Crippen LogP contribution in [0.4, 0.5) is 5.69 Å². The third-order valence-corrected chi connectivity index (χ3v) is 4.71. The van der Waals surface area contributed by atoms with Crippen LogP contribution in [0.2, 0.25) is 0 Å². The molecule has 1 aliphatic rings. The average Bonchev–Trinajstić information content (AvgIpc) is 2.32. The summed E-state index contributed by atoms with van der Waals surface area (Å²) in [6.45, 7) is 13.7. The van der Waals surface area contributed by atoms with Gasteiger partial charge < -0.3 is 4.90 Å². The summed E-state index contributed by atoms with van der Waals surface area (Å²) in [5, 5.41) is 0. The van der Waals surface area contributed by atoms with E-state index in [1.54, 1.807) is 5.56 Å². The van der Waals surface area contributed by atoms with Gasteiger partial charge in [0.25, 0.3) is 0 Å². The number of pyridine rings is 1. The van der Waals surface area contributed by atoms with Crippen LogP contribution in [0.25, 0.3) is 0 Å². The molecule has 2 nitrogen and oxygen atoms in total. The van der Waals surface area contributed by atoms with Crippen molar-refractivity contribution in [3.63, 3.8) is 0 Å². The predicted molar refractivity (Wildman–Crippen MR) is 83.1 cm³/mol. The molecule has 0 saturated heterocycles. The number of rotatable bonds is 2. The van der Waals surface area contributed by atoms with E-state index >= 15 is 0 Å². The van der Waals surface area contributed by atoms with Crippen molar-refractivity contribution < 1.29 is 0 Å². The van der Waals surface area contributed by atoms with Crippen LogP contribution in [0.15, 0.2) is 6.20 Å². The van der Waals surface area contributed by atoms with Crippen LogP contribution in [0, 0.1) is 12.8 Å². The first kappa shape index (κ1) is 14.4. The number of aromatic nitrogens is 1. The predicted octanol–water partition coefficient (Wildman–Crippen LogP) is 4.48. The quantitative estimate of drug-likeness (QED) is 0.779. The highest BCUT2D eigenvalue weighted by molar-refractivity contribution is 5.63. The maximum atomic E-state index is 4.65. The summed E-state index contributed by atoms with van der Waals surface area (Å²) in [6, 6.07) is 0.600. The Labute approximate surface area is 118 Å². The highest BCUT2D eigenvalue weighted by Crippen LogP contribution is 2.45. The zero-order valence-corrected chi connectivity index (χ0v) is 13.5. The van der Waals surface area contributed by atoms with Gasteiger partial charge >= 0.3 is 0 Å². The normalized spacial score (nSPS) is 23.1. The van der Waals surface area contributed by atoms with Crippen LogP contribution >= 0.6 is 0 Å². The van der Waals surface area contributed by atoms with Gasteiger partial charge in [-0.15, -0.1) is 0 Å². The van der Waals surface area contributed by atoms with Crippen LogP contribution in [0.3, 0.4) is 0 Å². The van der Waals surface area contributed by atoms with Gasteiger partial charge in [0, 0.05) is 19.3 Å². The lowest BCUT2D eigenvalue weighted by Gasteiger charge is -2.42. The molecule has 2 atom stereocenters. The minimum absolute atomic E-state index is 0.546. The number of fused-ring (bicyclic) bond motifs is 1. The second-order valence-electron chi connectivity index (χ2n) is 6.76. The molecule has 0 bridgehead atoms. The van der Waals surface area contributed by atoms with Crippen molar-refractivity contribution in [1.29, 1.82) is 0 Å². The number of nitrogens with zero attached hydrogens (tertiary/aromatic N) is 2. The number of hydrogen-bond acceptors (Lipinski definition) is 2. The van der Waals surface area contributed by atoms with Gasteiger partial charge in [-0.1, -0.05) is 27.7 Å². The highest BCUT2D eigenvalue weighted by atomic mass is 15.1. The van der Waals surface area contributed by atoms with Gasteiger partial charge in [0.2, 0.25) is 0 Å².